The van der Waals surface area contributed by atoms with Crippen molar-refractivity contribution in [3.63, 3.8) is 0 Å². The van der Waals surface area contributed by atoms with E-state index in [1.165, 1.54) is 16.9 Å². The van der Waals surface area contributed by atoms with Gasteiger partial charge in [0.1, 0.15) is 0 Å². The maximum atomic E-state index is 3.34. The lowest BCUT2D eigenvalue weighted by Gasteiger charge is -2.19. The van der Waals surface area contributed by atoms with Crippen LogP contribution in [0.3, 0.4) is 0 Å². The Bertz CT molecular complexity index is 320. The Morgan fingerprint density at radius 3 is 2.18 bits per heavy atom. The molecule has 96 valence electrons. The predicted molar refractivity (Wildman–Crippen MR) is 79.0 cm³/mol. The normalized spacial score (nSPS) is 13.7. The van der Waals surface area contributed by atoms with Gasteiger partial charge in [0, 0.05) is 16.7 Å². The van der Waals surface area contributed by atoms with E-state index in [4.69, 9.17) is 0 Å². The van der Waals surface area contributed by atoms with E-state index in [9.17, 15) is 0 Å². The summed E-state index contributed by atoms with van der Waals surface area (Å²) in [7, 11) is 2.04. The lowest BCUT2D eigenvalue weighted by molar-refractivity contribution is 0.589. The molecular weight excluding hydrogens is 226 g/mol. The van der Waals surface area contributed by atoms with Crippen LogP contribution in [0.5, 0.6) is 0 Å². The SMILES string of the molecule is CCC(CSc1ccc(C(C)(C)C)cc1)NC. The van der Waals surface area contributed by atoms with Gasteiger partial charge in [0.25, 0.3) is 0 Å². The summed E-state index contributed by atoms with van der Waals surface area (Å²) in [5.41, 5.74) is 1.66. The number of nitrogens with one attached hydrogen (secondary N) is 1. The molecule has 0 spiro atoms. The van der Waals surface area contributed by atoms with Crippen molar-refractivity contribution in [1.29, 1.82) is 0 Å². The topological polar surface area (TPSA) is 12.0 Å². The van der Waals surface area contributed by atoms with Gasteiger partial charge in [-0.15, -0.1) is 11.8 Å². The van der Waals surface area contributed by atoms with Crippen LogP contribution >= 0.6 is 11.8 Å². The Morgan fingerprint density at radius 1 is 1.18 bits per heavy atom. The van der Waals surface area contributed by atoms with E-state index in [0.717, 1.165) is 5.75 Å². The minimum atomic E-state index is 0.250. The first-order valence-corrected chi connectivity index (χ1v) is 7.36. The summed E-state index contributed by atoms with van der Waals surface area (Å²) in [6.07, 6.45) is 1.18. The first-order chi connectivity index (χ1) is 7.97. The maximum absolute atomic E-state index is 3.34. The Labute approximate surface area is 110 Å². The van der Waals surface area contributed by atoms with Crippen molar-refractivity contribution < 1.29 is 0 Å². The lowest BCUT2D eigenvalue weighted by atomic mass is 9.87. The lowest BCUT2D eigenvalue weighted by Crippen LogP contribution is -2.26. The molecule has 0 aliphatic rings. The molecule has 0 radical (unpaired) electrons. The van der Waals surface area contributed by atoms with Gasteiger partial charge in [0.15, 0.2) is 0 Å². The van der Waals surface area contributed by atoms with Crippen LogP contribution in [0.25, 0.3) is 0 Å². The fourth-order valence-electron chi connectivity index (χ4n) is 1.65. The van der Waals surface area contributed by atoms with Gasteiger partial charge in [-0.05, 0) is 36.6 Å². The molecule has 1 nitrogen and oxygen atoms in total. The molecule has 0 bridgehead atoms. The zero-order valence-electron chi connectivity index (χ0n) is 11.7. The second-order valence-corrected chi connectivity index (χ2v) is 6.57. The largest absolute Gasteiger partial charge is 0.316 e. The van der Waals surface area contributed by atoms with E-state index >= 15 is 0 Å². The van der Waals surface area contributed by atoms with E-state index < -0.39 is 0 Å². The highest BCUT2D eigenvalue weighted by molar-refractivity contribution is 7.99. The second kappa shape index (κ2) is 6.46. The fraction of sp³-hybridized carbons (Fsp3) is 0.600. The highest BCUT2D eigenvalue weighted by Gasteiger charge is 2.13. The summed E-state index contributed by atoms with van der Waals surface area (Å²) in [6.45, 7) is 8.99. The van der Waals surface area contributed by atoms with Crippen molar-refractivity contribution in [2.45, 2.75) is 50.5 Å². The van der Waals surface area contributed by atoms with Gasteiger partial charge in [-0.2, -0.15) is 0 Å². The average molecular weight is 251 g/mol. The van der Waals surface area contributed by atoms with Crippen molar-refractivity contribution in [3.05, 3.63) is 29.8 Å². The smallest absolute Gasteiger partial charge is 0.0156 e. The maximum Gasteiger partial charge on any atom is 0.0156 e. The van der Waals surface area contributed by atoms with Crippen molar-refractivity contribution >= 4 is 11.8 Å². The first kappa shape index (κ1) is 14.6. The van der Waals surface area contributed by atoms with Crippen molar-refractivity contribution in [2.75, 3.05) is 12.8 Å². The molecule has 0 saturated carbocycles. The van der Waals surface area contributed by atoms with Gasteiger partial charge in [-0.25, -0.2) is 0 Å². The van der Waals surface area contributed by atoms with Gasteiger partial charge in [0.05, 0.1) is 0 Å². The van der Waals surface area contributed by atoms with Crippen LogP contribution in [0.1, 0.15) is 39.7 Å². The van der Waals surface area contributed by atoms with Crippen LogP contribution < -0.4 is 5.32 Å². The minimum Gasteiger partial charge on any atom is -0.316 e. The van der Waals surface area contributed by atoms with Crippen LogP contribution in [-0.2, 0) is 5.41 Å². The van der Waals surface area contributed by atoms with E-state index in [1.54, 1.807) is 0 Å². The minimum absolute atomic E-state index is 0.250. The van der Waals surface area contributed by atoms with Crippen LogP contribution in [0.2, 0.25) is 0 Å². The molecule has 1 rings (SSSR count). The summed E-state index contributed by atoms with van der Waals surface area (Å²) >= 11 is 1.93. The quantitative estimate of drug-likeness (QED) is 0.792. The van der Waals surface area contributed by atoms with Crippen molar-refractivity contribution in [3.8, 4) is 0 Å². The number of hydrogen-bond acceptors (Lipinski definition) is 2. The first-order valence-electron chi connectivity index (χ1n) is 6.38. The average Bonchev–Trinajstić information content (AvgIpc) is 2.30. The molecule has 0 heterocycles. The number of hydrogen-bond donors (Lipinski definition) is 1. The molecule has 0 amide bonds. The summed E-state index contributed by atoms with van der Waals surface area (Å²) in [5.74, 6) is 1.14. The van der Waals surface area contributed by atoms with Crippen LogP contribution in [0, 0.1) is 0 Å². The molecule has 0 aromatic heterocycles. The summed E-state index contributed by atoms with van der Waals surface area (Å²) in [6, 6.07) is 9.61. The molecule has 1 N–H and O–H groups in total. The third kappa shape index (κ3) is 4.72. The Kier molecular flexibility index (Phi) is 5.54. The molecule has 17 heavy (non-hydrogen) atoms. The van der Waals surface area contributed by atoms with Gasteiger partial charge in [-0.1, -0.05) is 39.8 Å². The van der Waals surface area contributed by atoms with Crippen molar-refractivity contribution in [2.24, 2.45) is 0 Å². The molecular formula is C15H25NS. The third-order valence-corrected chi connectivity index (χ3v) is 4.25. The molecule has 1 aromatic carbocycles. The Balaban J connectivity index is 2.57. The van der Waals surface area contributed by atoms with Gasteiger partial charge in [0.2, 0.25) is 0 Å². The van der Waals surface area contributed by atoms with E-state index in [0.29, 0.717) is 6.04 Å². The second-order valence-electron chi connectivity index (χ2n) is 5.48. The Hall–Kier alpha value is -0.470. The van der Waals surface area contributed by atoms with Crippen LogP contribution in [-0.4, -0.2) is 18.8 Å². The predicted octanol–water partition coefficient (Wildman–Crippen LogP) is 4.07. The van der Waals surface area contributed by atoms with Crippen LogP contribution in [0.4, 0.5) is 0 Å². The molecule has 2 heteroatoms. The molecule has 1 atom stereocenters. The van der Waals surface area contributed by atoms with Gasteiger partial charge in [-0.3, -0.25) is 0 Å². The monoisotopic (exact) mass is 251 g/mol. The standard InChI is InChI=1S/C15H25NS/c1-6-13(16-5)11-17-14-9-7-12(8-10-14)15(2,3)4/h7-10,13,16H,6,11H2,1-5H3. The molecule has 0 fully saturated rings. The van der Waals surface area contributed by atoms with E-state index in [2.05, 4.69) is 57.3 Å². The highest BCUT2D eigenvalue weighted by Crippen LogP contribution is 2.26. The van der Waals surface area contributed by atoms with Crippen molar-refractivity contribution in [1.82, 2.24) is 5.32 Å². The van der Waals surface area contributed by atoms with E-state index in [1.807, 2.05) is 18.8 Å². The molecule has 0 saturated heterocycles. The number of thioether (sulfide) groups is 1. The summed E-state index contributed by atoms with van der Waals surface area (Å²) in [5, 5.41) is 3.34. The number of benzene rings is 1. The van der Waals surface area contributed by atoms with E-state index in [-0.39, 0.29) is 5.41 Å². The molecule has 1 unspecified atom stereocenters. The van der Waals surface area contributed by atoms with Gasteiger partial charge < -0.3 is 5.32 Å². The highest BCUT2D eigenvalue weighted by atomic mass is 32.2. The third-order valence-electron chi connectivity index (χ3n) is 3.07. The molecule has 0 aliphatic heterocycles. The van der Waals surface area contributed by atoms with Gasteiger partial charge >= 0.3 is 0 Å². The summed E-state index contributed by atoms with van der Waals surface area (Å²) < 4.78 is 0. The zero-order chi connectivity index (χ0) is 12.9. The fourth-order valence-corrected chi connectivity index (χ4v) is 2.78. The molecule has 1 aromatic rings. The zero-order valence-corrected chi connectivity index (χ0v) is 12.5. The Morgan fingerprint density at radius 2 is 1.76 bits per heavy atom. The molecule has 0 aliphatic carbocycles. The number of rotatable bonds is 5. The summed E-state index contributed by atoms with van der Waals surface area (Å²) in [4.78, 5) is 1.37. The van der Waals surface area contributed by atoms with Crippen LogP contribution in [0.15, 0.2) is 29.2 Å².